The molecule has 8 heteroatoms. The molecule has 2 aromatic rings. The van der Waals surface area contributed by atoms with Gasteiger partial charge in [0.2, 0.25) is 11.3 Å². The van der Waals surface area contributed by atoms with E-state index in [1.165, 1.54) is 23.1 Å². The van der Waals surface area contributed by atoms with Crippen molar-refractivity contribution >= 4 is 44.4 Å². The molecular weight excluding hydrogens is 359 g/mol. The predicted molar refractivity (Wildman–Crippen MR) is 69.6 cm³/mol. The summed E-state index contributed by atoms with van der Waals surface area (Å²) in [7, 11) is 0. The van der Waals surface area contributed by atoms with Crippen molar-refractivity contribution in [1.82, 2.24) is 4.98 Å². The van der Waals surface area contributed by atoms with Gasteiger partial charge in [0.25, 0.3) is 5.97 Å². The minimum Gasteiger partial charge on any atom is -0.664 e. The number of hydrogen-bond acceptors (Lipinski definition) is 2. The molecule has 1 atom stereocenters. The van der Waals surface area contributed by atoms with Crippen molar-refractivity contribution in [3.63, 3.8) is 0 Å². The van der Waals surface area contributed by atoms with E-state index in [9.17, 15) is 4.79 Å². The van der Waals surface area contributed by atoms with Crippen LogP contribution >= 0.6 is 23.1 Å². The first-order valence-electron chi connectivity index (χ1n) is 5.13. The molecule has 0 bridgehead atoms. The van der Waals surface area contributed by atoms with E-state index in [2.05, 4.69) is 23.2 Å². The van der Waals surface area contributed by atoms with Crippen molar-refractivity contribution in [1.29, 1.82) is 0 Å². The van der Waals surface area contributed by atoms with Crippen LogP contribution in [-0.4, -0.2) is 22.9 Å². The maximum absolute atomic E-state index is 10.8. The zero-order chi connectivity index (χ0) is 12.7. The van der Waals surface area contributed by atoms with Crippen LogP contribution in [0, 0.1) is 12.9 Å². The summed E-state index contributed by atoms with van der Waals surface area (Å²) in [6.07, 6.45) is 2.94. The number of carboxylic acid groups (broad SMARTS) is 1. The molecule has 0 saturated carbocycles. The number of aromatic nitrogens is 2. The van der Waals surface area contributed by atoms with Gasteiger partial charge in [0.05, 0.1) is 6.72 Å². The SMILES string of the molecule is C=[n+]1[c-]ccc2[n-]/c(=C3\[N-]C(C(=O)O)CS3)[s+]c21.[Y]. The Balaban J connectivity index is 0.00000133. The predicted octanol–water partition coefficient (Wildman–Crippen LogP) is 0.504. The summed E-state index contributed by atoms with van der Waals surface area (Å²) in [5, 5.41) is 13.8. The van der Waals surface area contributed by atoms with E-state index in [0.29, 0.717) is 10.8 Å². The second-order valence-corrected chi connectivity index (χ2v) is 5.69. The molecule has 1 unspecified atom stereocenters. The molecule has 1 aliphatic heterocycles. The quantitative estimate of drug-likeness (QED) is 0.453. The van der Waals surface area contributed by atoms with Gasteiger partial charge >= 0.3 is 4.83 Å². The number of thiazole rings is 1. The number of rotatable bonds is 1. The van der Waals surface area contributed by atoms with Crippen LogP contribution in [-0.2, 0) is 37.5 Å². The van der Waals surface area contributed by atoms with E-state index in [4.69, 9.17) is 5.11 Å². The van der Waals surface area contributed by atoms with Crippen molar-refractivity contribution in [3.8, 4) is 0 Å². The van der Waals surface area contributed by atoms with E-state index < -0.39 is 12.0 Å². The Morgan fingerprint density at radius 3 is 3.11 bits per heavy atom. The summed E-state index contributed by atoms with van der Waals surface area (Å²) in [6, 6.07) is 2.95. The summed E-state index contributed by atoms with van der Waals surface area (Å²) in [6.45, 7) is 3.82. The van der Waals surface area contributed by atoms with E-state index in [1.807, 2.05) is 6.07 Å². The number of carboxylic acids is 1. The molecule has 0 spiro atoms. The summed E-state index contributed by atoms with van der Waals surface area (Å²) < 4.78 is 2.38. The number of pyridine rings is 1. The molecule has 1 N–H and O–H groups in total. The third-order valence-electron chi connectivity index (χ3n) is 2.47. The molecule has 0 aliphatic carbocycles. The number of carbonyl (C=O) groups is 1. The smallest absolute Gasteiger partial charge is 0.362 e. The van der Waals surface area contributed by atoms with Crippen LogP contribution < -0.4 is 13.9 Å². The number of aliphatic carboxylic acids is 1. The van der Waals surface area contributed by atoms with Gasteiger partial charge in [-0.05, 0) is 11.8 Å². The first kappa shape index (κ1) is 14.9. The van der Waals surface area contributed by atoms with Crippen LogP contribution in [0.25, 0.3) is 20.7 Å². The van der Waals surface area contributed by atoms with Gasteiger partial charge in [-0.25, -0.2) is 4.24 Å². The normalized spacial score (nSPS) is 20.9. The van der Waals surface area contributed by atoms with Crippen molar-refractivity contribution < 1.29 is 46.9 Å². The van der Waals surface area contributed by atoms with Gasteiger partial charge in [-0.1, -0.05) is 16.6 Å². The van der Waals surface area contributed by atoms with E-state index in [1.54, 1.807) is 10.3 Å². The standard InChI is InChI=1S/C11H8N3O2S2.Y/c1-14-4-2-3-6-10(14)18-9(12-6)8-13-7(5-17-8)11(15)16;/h2-3,7H,1,5H2,(H,15,16);/q-1;/b9-8-;. The van der Waals surface area contributed by atoms with Gasteiger partial charge in [0.15, 0.2) is 6.20 Å². The molecule has 0 amide bonds. The molecule has 3 heterocycles. The molecule has 2 aromatic heterocycles. The summed E-state index contributed by atoms with van der Waals surface area (Å²) in [5.74, 6) is -0.420. The third-order valence-corrected chi connectivity index (χ3v) is 4.75. The van der Waals surface area contributed by atoms with Crippen molar-refractivity contribution in [2.75, 3.05) is 5.75 Å². The number of fused-ring (bicyclic) bond motifs is 1. The second-order valence-electron chi connectivity index (χ2n) is 3.70. The van der Waals surface area contributed by atoms with Crippen LogP contribution in [0.5, 0.6) is 0 Å². The van der Waals surface area contributed by atoms with Gasteiger partial charge in [-0.2, -0.15) is 0 Å². The zero-order valence-corrected chi connectivity index (χ0v) is 14.2. The average molecular weight is 367 g/mol. The fourth-order valence-corrected chi connectivity index (χ4v) is 3.65. The van der Waals surface area contributed by atoms with Gasteiger partial charge in [-0.3, -0.25) is 4.79 Å². The zero-order valence-electron chi connectivity index (χ0n) is 9.74. The molecule has 19 heavy (non-hydrogen) atoms. The first-order chi connectivity index (χ1) is 8.65. The first-order valence-corrected chi connectivity index (χ1v) is 6.93. The van der Waals surface area contributed by atoms with E-state index >= 15 is 0 Å². The van der Waals surface area contributed by atoms with E-state index in [-0.39, 0.29) is 32.7 Å². The Hall–Kier alpha value is -0.496. The Morgan fingerprint density at radius 1 is 1.68 bits per heavy atom. The van der Waals surface area contributed by atoms with E-state index in [0.717, 1.165) is 15.0 Å². The molecule has 1 saturated heterocycles. The second kappa shape index (κ2) is 5.87. The Morgan fingerprint density at radius 2 is 2.47 bits per heavy atom. The Labute approximate surface area is 142 Å². The summed E-state index contributed by atoms with van der Waals surface area (Å²) >= 11 is 2.88. The van der Waals surface area contributed by atoms with Crippen LogP contribution in [0.2, 0.25) is 0 Å². The maximum atomic E-state index is 10.8. The topological polar surface area (TPSA) is 71.4 Å². The number of nitrogens with zero attached hydrogens (tertiary/aromatic N) is 3. The monoisotopic (exact) mass is 367 g/mol. The van der Waals surface area contributed by atoms with Crippen LogP contribution in [0.4, 0.5) is 0 Å². The maximum Gasteiger partial charge on any atom is 0.362 e. The summed E-state index contributed by atoms with van der Waals surface area (Å²) in [5.41, 5.74) is 0.825. The fourth-order valence-electron chi connectivity index (χ4n) is 1.60. The Bertz CT molecular complexity index is 746. The number of thioether (sulfide) groups is 1. The molecular formula is C11H8N3O2S2Y-. The van der Waals surface area contributed by atoms with Crippen LogP contribution in [0.3, 0.4) is 0 Å². The fraction of sp³-hybridized carbons (Fsp3) is 0.182. The molecule has 0 aromatic carbocycles. The third kappa shape index (κ3) is 2.84. The average Bonchev–Trinajstić information content (AvgIpc) is 2.95. The minimum absolute atomic E-state index is 0. The van der Waals surface area contributed by atoms with Crippen molar-refractivity contribution in [2.45, 2.75) is 6.04 Å². The van der Waals surface area contributed by atoms with Crippen LogP contribution in [0.15, 0.2) is 12.1 Å². The molecule has 1 aliphatic rings. The molecule has 95 valence electrons. The molecule has 1 radical (unpaired) electrons. The molecule has 5 nitrogen and oxygen atoms in total. The largest absolute Gasteiger partial charge is 0.664 e. The Kier molecular flexibility index (Phi) is 4.60. The number of hydrogen-bond donors (Lipinski definition) is 1. The van der Waals surface area contributed by atoms with Gasteiger partial charge < -0.3 is 15.4 Å². The molecule has 3 rings (SSSR count). The van der Waals surface area contributed by atoms with Gasteiger partial charge in [0, 0.05) is 32.7 Å². The minimum atomic E-state index is -0.890. The molecule has 1 fully saturated rings. The van der Waals surface area contributed by atoms with Crippen molar-refractivity contribution in [2.24, 2.45) is 0 Å². The van der Waals surface area contributed by atoms with Gasteiger partial charge in [0.1, 0.15) is 4.66 Å². The van der Waals surface area contributed by atoms with Crippen molar-refractivity contribution in [3.05, 3.63) is 35.0 Å². The summed E-state index contributed by atoms with van der Waals surface area (Å²) in [4.78, 5) is 16.2. The van der Waals surface area contributed by atoms with Crippen LogP contribution in [0.1, 0.15) is 0 Å². The van der Waals surface area contributed by atoms with Gasteiger partial charge in [-0.15, -0.1) is 17.8 Å².